The largest absolute Gasteiger partial charge is 0.344 e. The molecule has 1 aliphatic heterocycles. The molecule has 1 fully saturated rings. The number of fused-ring (bicyclic) bond motifs is 1. The predicted octanol–water partition coefficient (Wildman–Crippen LogP) is 3.63. The lowest BCUT2D eigenvalue weighted by Crippen LogP contribution is -2.35. The first-order valence-corrected chi connectivity index (χ1v) is 13.3. The van der Waals surface area contributed by atoms with Crippen LogP contribution in [0.25, 0.3) is 11.2 Å². The Balaban J connectivity index is 1.64. The Labute approximate surface area is 204 Å². The van der Waals surface area contributed by atoms with Crippen LogP contribution in [-0.2, 0) is 26.1 Å². The summed E-state index contributed by atoms with van der Waals surface area (Å²) in [5.74, 6) is 1.87. The van der Waals surface area contributed by atoms with Gasteiger partial charge in [0, 0.05) is 31.9 Å². The van der Waals surface area contributed by atoms with Crippen molar-refractivity contribution in [1.82, 2.24) is 24.0 Å². The van der Waals surface area contributed by atoms with Gasteiger partial charge in [-0.05, 0) is 31.2 Å². The molecule has 8 nitrogen and oxygen atoms in total. The molecule has 1 saturated heterocycles. The van der Waals surface area contributed by atoms with Crippen LogP contribution in [0.1, 0.15) is 50.9 Å². The Morgan fingerprint density at radius 2 is 1.91 bits per heavy atom. The van der Waals surface area contributed by atoms with Crippen molar-refractivity contribution in [3.05, 3.63) is 62.6 Å². The molecule has 0 amide bonds. The third kappa shape index (κ3) is 5.46. The highest BCUT2D eigenvalue weighted by Gasteiger charge is 2.23. The summed E-state index contributed by atoms with van der Waals surface area (Å²) in [6, 6.07) is 10.4. The van der Waals surface area contributed by atoms with Crippen LogP contribution in [0.3, 0.4) is 0 Å². The first-order chi connectivity index (χ1) is 16.6. The van der Waals surface area contributed by atoms with Crippen molar-refractivity contribution in [2.24, 2.45) is 4.99 Å². The van der Waals surface area contributed by atoms with Gasteiger partial charge in [0.1, 0.15) is 5.82 Å². The van der Waals surface area contributed by atoms with Crippen molar-refractivity contribution in [3.8, 4) is 0 Å². The molecule has 0 atom stereocenters. The van der Waals surface area contributed by atoms with Crippen LogP contribution in [0.15, 0.2) is 44.9 Å². The van der Waals surface area contributed by atoms with Crippen LogP contribution < -0.4 is 11.2 Å². The predicted molar refractivity (Wildman–Crippen MR) is 140 cm³/mol. The van der Waals surface area contributed by atoms with E-state index in [1.165, 1.54) is 5.56 Å². The third-order valence-corrected chi connectivity index (χ3v) is 7.18. The molecule has 0 unspecified atom stereocenters. The molecule has 34 heavy (non-hydrogen) atoms. The minimum atomic E-state index is -0.379. The maximum absolute atomic E-state index is 12.8. The summed E-state index contributed by atoms with van der Waals surface area (Å²) in [6.07, 6.45) is 4.69. The smallest absolute Gasteiger partial charge is 0.330 e. The molecule has 0 radical (unpaired) electrons. The van der Waals surface area contributed by atoms with E-state index in [-0.39, 0.29) is 11.2 Å². The second-order valence-corrected chi connectivity index (χ2v) is 9.70. The van der Waals surface area contributed by atoms with Crippen LogP contribution in [0.5, 0.6) is 0 Å². The average molecular weight is 483 g/mol. The molecular formula is C25H34N6O2S. The molecule has 2 aromatic heterocycles. The highest BCUT2D eigenvalue weighted by Crippen LogP contribution is 2.22. The zero-order chi connectivity index (χ0) is 23.9. The number of nitrogens with one attached hydrogen (secondary N) is 1. The lowest BCUT2D eigenvalue weighted by atomic mass is 10.2. The first-order valence-electron chi connectivity index (χ1n) is 12.3. The van der Waals surface area contributed by atoms with Gasteiger partial charge >= 0.3 is 5.69 Å². The van der Waals surface area contributed by atoms with Crippen molar-refractivity contribution in [1.29, 1.82) is 0 Å². The van der Waals surface area contributed by atoms with E-state index in [0.29, 0.717) is 30.8 Å². The maximum atomic E-state index is 12.8. The van der Waals surface area contributed by atoms with Gasteiger partial charge < -0.3 is 9.47 Å². The van der Waals surface area contributed by atoms with Gasteiger partial charge in [0.05, 0.1) is 6.54 Å². The van der Waals surface area contributed by atoms with E-state index in [1.807, 2.05) is 10.6 Å². The van der Waals surface area contributed by atoms with E-state index in [2.05, 4.69) is 48.0 Å². The zero-order valence-electron chi connectivity index (χ0n) is 20.1. The Kier molecular flexibility index (Phi) is 8.26. The van der Waals surface area contributed by atoms with Gasteiger partial charge in [0.15, 0.2) is 16.3 Å². The number of aryl methyl sites for hydroxylation is 2. The number of rotatable bonds is 10. The minimum Gasteiger partial charge on any atom is -0.344 e. The summed E-state index contributed by atoms with van der Waals surface area (Å²) in [4.78, 5) is 39.9. The van der Waals surface area contributed by atoms with Crippen LogP contribution in [0, 0.1) is 0 Å². The molecule has 3 aromatic rings. The van der Waals surface area contributed by atoms with E-state index in [9.17, 15) is 9.59 Å². The van der Waals surface area contributed by atoms with Crippen LogP contribution in [-0.4, -0.2) is 48.0 Å². The van der Waals surface area contributed by atoms with Gasteiger partial charge in [-0.1, -0.05) is 62.4 Å². The lowest BCUT2D eigenvalue weighted by molar-refractivity contribution is 0.394. The molecule has 0 aliphatic carbocycles. The topological polar surface area (TPSA) is 88.3 Å². The van der Waals surface area contributed by atoms with Gasteiger partial charge in [-0.3, -0.25) is 19.3 Å². The highest BCUT2D eigenvalue weighted by molar-refractivity contribution is 8.13. The molecule has 1 N–H and O–H groups in total. The summed E-state index contributed by atoms with van der Waals surface area (Å²) in [7, 11) is 0. The second kappa shape index (κ2) is 11.6. The van der Waals surface area contributed by atoms with E-state index in [0.717, 1.165) is 61.9 Å². The fourth-order valence-electron chi connectivity index (χ4n) is 4.32. The molecule has 0 spiro atoms. The molecule has 4 rings (SSSR count). The number of aromatic amines is 1. The molecule has 3 heterocycles. The van der Waals surface area contributed by atoms with Gasteiger partial charge in [-0.2, -0.15) is 0 Å². The van der Waals surface area contributed by atoms with Crippen molar-refractivity contribution in [2.45, 2.75) is 65.6 Å². The third-order valence-electron chi connectivity index (χ3n) is 6.04. The summed E-state index contributed by atoms with van der Waals surface area (Å²) in [5.41, 5.74) is 1.55. The number of unbranched alkanes of at least 4 members (excludes halogenated alkanes) is 1. The number of aromatic nitrogens is 4. The molecule has 0 bridgehead atoms. The number of imidazole rings is 1. The number of thioether (sulfide) groups is 1. The molecule has 9 heteroatoms. The number of benzene rings is 1. The summed E-state index contributed by atoms with van der Waals surface area (Å²) >= 11 is 1.79. The number of nitrogens with zero attached hydrogens (tertiary/aromatic N) is 5. The fraction of sp³-hybridized carbons (Fsp3) is 0.520. The average Bonchev–Trinajstić information content (AvgIpc) is 3.19. The quantitative estimate of drug-likeness (QED) is 0.477. The molecule has 1 aromatic carbocycles. The molecular weight excluding hydrogens is 448 g/mol. The highest BCUT2D eigenvalue weighted by atomic mass is 32.2. The zero-order valence-corrected chi connectivity index (χ0v) is 20.9. The monoisotopic (exact) mass is 482 g/mol. The summed E-state index contributed by atoms with van der Waals surface area (Å²) in [6.45, 7) is 7.63. The van der Waals surface area contributed by atoms with Gasteiger partial charge in [-0.25, -0.2) is 9.78 Å². The van der Waals surface area contributed by atoms with E-state index >= 15 is 0 Å². The Bertz CT molecular complexity index is 1240. The Hall–Kier alpha value is -2.81. The molecule has 1 aliphatic rings. The first kappa shape index (κ1) is 24.3. The van der Waals surface area contributed by atoms with Crippen molar-refractivity contribution in [3.63, 3.8) is 0 Å². The molecule has 182 valence electrons. The fourth-order valence-corrected chi connectivity index (χ4v) is 5.30. The van der Waals surface area contributed by atoms with E-state index < -0.39 is 0 Å². The van der Waals surface area contributed by atoms with Gasteiger partial charge in [0.25, 0.3) is 5.56 Å². The standard InChI is InChI=1S/C25H34N6O2S/c1-3-5-16-31-22-21(23(32)28-24(31)33)30(14-4-2)20(27-22)18-29-15-9-17-34-25(29)26-13-12-19-10-7-6-8-11-19/h6-8,10-11H,3-5,9,12-18H2,1-2H3,(H,28,32,33). The Morgan fingerprint density at radius 3 is 2.68 bits per heavy atom. The second-order valence-electron chi connectivity index (χ2n) is 8.64. The van der Waals surface area contributed by atoms with Gasteiger partial charge in [0.2, 0.25) is 0 Å². The van der Waals surface area contributed by atoms with Crippen LogP contribution in [0.4, 0.5) is 0 Å². The van der Waals surface area contributed by atoms with Crippen molar-refractivity contribution in [2.75, 3.05) is 18.8 Å². The summed E-state index contributed by atoms with van der Waals surface area (Å²) < 4.78 is 3.62. The van der Waals surface area contributed by atoms with Gasteiger partial charge in [-0.15, -0.1) is 0 Å². The molecule has 0 saturated carbocycles. The Morgan fingerprint density at radius 1 is 1.09 bits per heavy atom. The van der Waals surface area contributed by atoms with Crippen LogP contribution >= 0.6 is 11.8 Å². The number of H-pyrrole nitrogens is 1. The number of hydrogen-bond acceptors (Lipinski definition) is 5. The SMILES string of the molecule is CCCCn1c(=O)[nH]c(=O)c2c1nc(CN1CCCSC1=NCCc1ccccc1)n2CCC. The normalized spacial score (nSPS) is 15.5. The number of hydrogen-bond donors (Lipinski definition) is 1. The summed E-state index contributed by atoms with van der Waals surface area (Å²) in [5, 5.41) is 1.04. The van der Waals surface area contributed by atoms with E-state index in [4.69, 9.17) is 9.98 Å². The minimum absolute atomic E-state index is 0.357. The van der Waals surface area contributed by atoms with Crippen molar-refractivity contribution < 1.29 is 0 Å². The number of aliphatic imine (C=N–C) groups is 1. The van der Waals surface area contributed by atoms with E-state index in [1.54, 1.807) is 16.3 Å². The number of amidine groups is 1. The van der Waals surface area contributed by atoms with Crippen molar-refractivity contribution >= 4 is 28.1 Å². The lowest BCUT2D eigenvalue weighted by Gasteiger charge is -2.29. The van der Waals surface area contributed by atoms with Crippen LogP contribution in [0.2, 0.25) is 0 Å². The maximum Gasteiger partial charge on any atom is 0.330 e.